The maximum atomic E-state index is 11.7. The summed E-state index contributed by atoms with van der Waals surface area (Å²) in [5.74, 6) is 0.340. The lowest BCUT2D eigenvalue weighted by molar-refractivity contribution is -0.132. The van der Waals surface area contributed by atoms with Gasteiger partial charge in [-0.3, -0.25) is 9.59 Å². The van der Waals surface area contributed by atoms with Crippen LogP contribution in [-0.4, -0.2) is 31.0 Å². The Morgan fingerprint density at radius 3 is 2.83 bits per heavy atom. The second kappa shape index (κ2) is 6.83. The van der Waals surface area contributed by atoms with Crippen molar-refractivity contribution in [3.05, 3.63) is 28.3 Å². The molecule has 5 heteroatoms. The van der Waals surface area contributed by atoms with Gasteiger partial charge in [0.05, 0.1) is 6.26 Å². The number of ether oxygens (including phenoxy) is 1. The topological polar surface area (TPSA) is 59.8 Å². The van der Waals surface area contributed by atoms with Crippen molar-refractivity contribution in [1.29, 1.82) is 0 Å². The van der Waals surface area contributed by atoms with Crippen LogP contribution in [0.3, 0.4) is 0 Å². The molecule has 1 aromatic heterocycles. The van der Waals surface area contributed by atoms with E-state index in [0.29, 0.717) is 12.3 Å². The number of hydrogen-bond acceptors (Lipinski definition) is 4. The molecule has 100 valence electrons. The van der Waals surface area contributed by atoms with Crippen LogP contribution in [0.25, 0.3) is 0 Å². The van der Waals surface area contributed by atoms with Crippen molar-refractivity contribution in [1.82, 2.24) is 4.90 Å². The zero-order valence-electron chi connectivity index (χ0n) is 11.1. The van der Waals surface area contributed by atoms with E-state index in [2.05, 4.69) is 6.92 Å². The maximum Gasteiger partial charge on any atom is 0.260 e. The SMILES string of the molecule is CCCCN(C)C(=O)COc1c(C)occc1=O. The predicted octanol–water partition coefficient (Wildman–Crippen LogP) is 1.59. The number of aryl methyl sites for hydroxylation is 1. The Morgan fingerprint density at radius 2 is 2.22 bits per heavy atom. The molecular weight excluding hydrogens is 234 g/mol. The lowest BCUT2D eigenvalue weighted by Crippen LogP contribution is -2.32. The second-order valence-corrected chi connectivity index (χ2v) is 4.13. The van der Waals surface area contributed by atoms with Crippen molar-refractivity contribution >= 4 is 5.91 Å². The molecule has 1 amide bonds. The van der Waals surface area contributed by atoms with Crippen molar-refractivity contribution in [3.63, 3.8) is 0 Å². The predicted molar refractivity (Wildman–Crippen MR) is 67.8 cm³/mol. The molecule has 18 heavy (non-hydrogen) atoms. The highest BCUT2D eigenvalue weighted by Gasteiger charge is 2.12. The smallest absolute Gasteiger partial charge is 0.260 e. The molecule has 0 N–H and O–H groups in total. The molecule has 0 aromatic carbocycles. The first-order valence-corrected chi connectivity index (χ1v) is 6.01. The zero-order valence-corrected chi connectivity index (χ0v) is 11.1. The molecule has 0 saturated carbocycles. The van der Waals surface area contributed by atoms with E-state index in [-0.39, 0.29) is 23.7 Å². The fourth-order valence-corrected chi connectivity index (χ4v) is 1.44. The number of nitrogens with zero attached hydrogens (tertiary/aromatic N) is 1. The molecule has 0 atom stereocenters. The van der Waals surface area contributed by atoms with Gasteiger partial charge in [-0.15, -0.1) is 0 Å². The number of unbranched alkanes of at least 4 members (excludes halogenated alkanes) is 1. The monoisotopic (exact) mass is 253 g/mol. The number of amides is 1. The highest BCUT2D eigenvalue weighted by molar-refractivity contribution is 5.77. The van der Waals surface area contributed by atoms with Crippen LogP contribution < -0.4 is 10.2 Å². The Bertz CT molecular complexity index is 453. The van der Waals surface area contributed by atoms with Gasteiger partial charge in [-0.05, 0) is 13.3 Å². The molecule has 0 aliphatic carbocycles. The fraction of sp³-hybridized carbons (Fsp3) is 0.538. The molecule has 0 aliphatic heterocycles. The second-order valence-electron chi connectivity index (χ2n) is 4.13. The van der Waals surface area contributed by atoms with Crippen LogP contribution in [0.4, 0.5) is 0 Å². The summed E-state index contributed by atoms with van der Waals surface area (Å²) in [7, 11) is 1.72. The molecule has 0 fully saturated rings. The lowest BCUT2D eigenvalue weighted by Gasteiger charge is -2.16. The molecule has 0 spiro atoms. The summed E-state index contributed by atoms with van der Waals surface area (Å²) in [4.78, 5) is 24.8. The number of carbonyl (C=O) groups excluding carboxylic acids is 1. The standard InChI is InChI=1S/C13H19NO4/c1-4-5-7-14(3)12(16)9-18-13-10(2)17-8-6-11(13)15/h6,8H,4-5,7,9H2,1-3H3. The number of carbonyl (C=O) groups is 1. The van der Waals surface area contributed by atoms with Crippen molar-refractivity contribution in [2.45, 2.75) is 26.7 Å². The van der Waals surface area contributed by atoms with Crippen molar-refractivity contribution in [2.24, 2.45) is 0 Å². The summed E-state index contributed by atoms with van der Waals surface area (Å²) in [6.07, 6.45) is 3.29. The van der Waals surface area contributed by atoms with E-state index < -0.39 is 0 Å². The van der Waals surface area contributed by atoms with Gasteiger partial charge in [-0.25, -0.2) is 0 Å². The summed E-state index contributed by atoms with van der Waals surface area (Å²) in [6, 6.07) is 1.27. The van der Waals surface area contributed by atoms with E-state index in [1.165, 1.54) is 12.3 Å². The third kappa shape index (κ3) is 3.91. The Labute approximate surface area is 106 Å². The molecule has 0 radical (unpaired) electrons. The van der Waals surface area contributed by atoms with Gasteiger partial charge in [0.15, 0.2) is 6.61 Å². The van der Waals surface area contributed by atoms with Crippen molar-refractivity contribution in [2.75, 3.05) is 20.2 Å². The van der Waals surface area contributed by atoms with E-state index in [9.17, 15) is 9.59 Å². The van der Waals surface area contributed by atoms with Gasteiger partial charge in [-0.2, -0.15) is 0 Å². The minimum atomic E-state index is -0.275. The van der Waals surface area contributed by atoms with Gasteiger partial charge >= 0.3 is 0 Å². The number of rotatable bonds is 6. The van der Waals surface area contributed by atoms with Crippen LogP contribution in [0.5, 0.6) is 5.75 Å². The molecule has 0 saturated heterocycles. The molecule has 1 aromatic rings. The summed E-state index contributed by atoms with van der Waals surface area (Å²) in [6.45, 7) is 4.24. The van der Waals surface area contributed by atoms with Crippen molar-refractivity contribution < 1.29 is 13.9 Å². The van der Waals surface area contributed by atoms with Gasteiger partial charge in [0, 0.05) is 19.7 Å². The lowest BCUT2D eigenvalue weighted by atomic mass is 10.3. The Kier molecular flexibility index (Phi) is 5.42. The van der Waals surface area contributed by atoms with E-state index >= 15 is 0 Å². The van der Waals surface area contributed by atoms with Crippen LogP contribution in [0.15, 0.2) is 21.5 Å². The first-order chi connectivity index (χ1) is 8.56. The molecule has 1 heterocycles. The Morgan fingerprint density at radius 1 is 1.50 bits per heavy atom. The van der Waals surface area contributed by atoms with Crippen LogP contribution >= 0.6 is 0 Å². The minimum Gasteiger partial charge on any atom is -0.476 e. The van der Waals surface area contributed by atoms with E-state index in [1.54, 1.807) is 18.9 Å². The Balaban J connectivity index is 2.55. The summed E-state index contributed by atoms with van der Waals surface area (Å²) in [5, 5.41) is 0. The van der Waals surface area contributed by atoms with Crippen LogP contribution in [0, 0.1) is 6.92 Å². The van der Waals surface area contributed by atoms with E-state index in [4.69, 9.17) is 9.15 Å². The quantitative estimate of drug-likeness (QED) is 0.772. The first-order valence-electron chi connectivity index (χ1n) is 6.01. The molecule has 0 aliphatic rings. The van der Waals surface area contributed by atoms with Gasteiger partial charge < -0.3 is 14.1 Å². The highest BCUT2D eigenvalue weighted by atomic mass is 16.5. The van der Waals surface area contributed by atoms with Crippen molar-refractivity contribution in [3.8, 4) is 5.75 Å². The molecular formula is C13H19NO4. The molecule has 0 unspecified atom stereocenters. The Hall–Kier alpha value is -1.78. The first kappa shape index (κ1) is 14.3. The van der Waals surface area contributed by atoms with Gasteiger partial charge in [-0.1, -0.05) is 13.3 Å². The van der Waals surface area contributed by atoms with E-state index in [0.717, 1.165) is 12.8 Å². The molecule has 1 rings (SSSR count). The average Bonchev–Trinajstić information content (AvgIpc) is 2.35. The number of likely N-dealkylation sites (N-methyl/N-ethyl adjacent to an activating group) is 1. The maximum absolute atomic E-state index is 11.7. The number of hydrogen-bond donors (Lipinski definition) is 0. The van der Waals surface area contributed by atoms with Gasteiger partial charge in [0.1, 0.15) is 5.76 Å². The third-order valence-corrected chi connectivity index (χ3v) is 2.62. The largest absolute Gasteiger partial charge is 0.476 e. The summed E-state index contributed by atoms with van der Waals surface area (Å²) in [5.41, 5.74) is -0.275. The summed E-state index contributed by atoms with van der Waals surface area (Å²) < 4.78 is 10.3. The van der Waals surface area contributed by atoms with Crippen LogP contribution in [0.1, 0.15) is 25.5 Å². The summed E-state index contributed by atoms with van der Waals surface area (Å²) >= 11 is 0. The van der Waals surface area contributed by atoms with Crippen LogP contribution in [-0.2, 0) is 4.79 Å². The molecule has 0 bridgehead atoms. The van der Waals surface area contributed by atoms with Crippen LogP contribution in [0.2, 0.25) is 0 Å². The van der Waals surface area contributed by atoms with Gasteiger partial charge in [0.25, 0.3) is 5.91 Å². The third-order valence-electron chi connectivity index (χ3n) is 2.62. The fourth-order valence-electron chi connectivity index (χ4n) is 1.44. The molecule has 5 nitrogen and oxygen atoms in total. The normalized spacial score (nSPS) is 10.2. The average molecular weight is 253 g/mol. The van der Waals surface area contributed by atoms with E-state index in [1.807, 2.05) is 0 Å². The highest BCUT2D eigenvalue weighted by Crippen LogP contribution is 2.10. The van der Waals surface area contributed by atoms with Gasteiger partial charge in [0.2, 0.25) is 11.2 Å². The zero-order chi connectivity index (χ0) is 13.5. The minimum absolute atomic E-state index is 0.106.